The molecule has 1 N–H and O–H groups in total. The van der Waals surface area contributed by atoms with Crippen molar-refractivity contribution in [3.8, 4) is 6.07 Å². The van der Waals surface area contributed by atoms with Gasteiger partial charge in [0, 0.05) is 16.5 Å². The zero-order valence-corrected chi connectivity index (χ0v) is 18.0. The third-order valence-electron chi connectivity index (χ3n) is 3.58. The van der Waals surface area contributed by atoms with Crippen molar-refractivity contribution in [1.82, 2.24) is 5.32 Å². The Hall–Kier alpha value is -2.14. The van der Waals surface area contributed by atoms with E-state index < -0.39 is 28.2 Å². The summed E-state index contributed by atoms with van der Waals surface area (Å²) in [5.41, 5.74) is 0.492. The molecular formula is C21H24N2O3S2. The summed E-state index contributed by atoms with van der Waals surface area (Å²) < 4.78 is 18.0. The monoisotopic (exact) mass is 416 g/mol. The van der Waals surface area contributed by atoms with Crippen LogP contribution in [0, 0.1) is 11.3 Å². The van der Waals surface area contributed by atoms with Crippen LogP contribution in [0.5, 0.6) is 0 Å². The molecule has 2 aromatic rings. The number of carbonyl (C=O) groups is 1. The van der Waals surface area contributed by atoms with Gasteiger partial charge in [0.1, 0.15) is 16.7 Å². The van der Waals surface area contributed by atoms with Crippen LogP contribution in [0.1, 0.15) is 44.2 Å². The van der Waals surface area contributed by atoms with Gasteiger partial charge in [0.2, 0.25) is 0 Å². The second kappa shape index (κ2) is 9.87. The molecule has 0 aliphatic carbocycles. The van der Waals surface area contributed by atoms with Crippen molar-refractivity contribution in [1.29, 1.82) is 5.26 Å². The van der Waals surface area contributed by atoms with E-state index in [1.54, 1.807) is 39.0 Å². The van der Waals surface area contributed by atoms with Gasteiger partial charge in [-0.3, -0.25) is 0 Å². The van der Waals surface area contributed by atoms with Crippen molar-refractivity contribution in [3.05, 3.63) is 59.7 Å². The molecule has 0 saturated carbocycles. The van der Waals surface area contributed by atoms with Crippen LogP contribution in [-0.2, 0) is 15.9 Å². The van der Waals surface area contributed by atoms with Crippen molar-refractivity contribution in [2.24, 2.45) is 0 Å². The smallest absolute Gasteiger partial charge is 0.408 e. The molecule has 28 heavy (non-hydrogen) atoms. The highest BCUT2D eigenvalue weighted by Gasteiger charge is 2.27. The van der Waals surface area contributed by atoms with Gasteiger partial charge in [-0.2, -0.15) is 5.26 Å². The lowest BCUT2D eigenvalue weighted by molar-refractivity contribution is 0.0521. The van der Waals surface area contributed by atoms with Gasteiger partial charge in [-0.25, -0.2) is 4.79 Å². The molecule has 148 valence electrons. The third-order valence-corrected chi connectivity index (χ3v) is 6.10. The second-order valence-electron chi connectivity index (χ2n) is 6.96. The highest BCUT2D eigenvalue weighted by Crippen LogP contribution is 2.37. The first kappa shape index (κ1) is 22.2. The molecule has 0 aliphatic heterocycles. The van der Waals surface area contributed by atoms with Crippen LogP contribution >= 0.6 is 11.8 Å². The number of hydrogen-bond donors (Lipinski definition) is 1. The van der Waals surface area contributed by atoms with Crippen molar-refractivity contribution < 1.29 is 14.1 Å². The van der Waals surface area contributed by atoms with Gasteiger partial charge in [-0.05, 0) is 63.1 Å². The summed E-state index contributed by atoms with van der Waals surface area (Å²) in [5.74, 6) is 0.414. The minimum Gasteiger partial charge on any atom is -0.611 e. The van der Waals surface area contributed by atoms with Crippen LogP contribution in [0.4, 0.5) is 4.79 Å². The van der Waals surface area contributed by atoms with Crippen molar-refractivity contribution in [2.45, 2.75) is 48.5 Å². The van der Waals surface area contributed by atoms with E-state index in [1.165, 1.54) is 11.8 Å². The molecule has 2 aromatic carbocycles. The molecule has 0 saturated heterocycles. The Morgan fingerprint density at radius 1 is 1.29 bits per heavy atom. The van der Waals surface area contributed by atoms with Gasteiger partial charge in [-0.15, -0.1) is 0 Å². The maximum atomic E-state index is 12.6. The summed E-state index contributed by atoms with van der Waals surface area (Å²) in [6.07, 6.45) is -0.557. The molecule has 2 atom stereocenters. The number of nitrogens with zero attached hydrogens (tertiary/aromatic N) is 1. The Morgan fingerprint density at radius 2 is 1.96 bits per heavy atom. The van der Waals surface area contributed by atoms with Crippen LogP contribution in [-0.4, -0.2) is 22.0 Å². The normalized spacial score (nSPS) is 13.3. The van der Waals surface area contributed by atoms with Crippen LogP contribution in [0.3, 0.4) is 0 Å². The topological polar surface area (TPSA) is 85.2 Å². The number of rotatable bonds is 6. The average Bonchev–Trinajstić information content (AvgIpc) is 2.65. The van der Waals surface area contributed by atoms with Gasteiger partial charge < -0.3 is 14.6 Å². The number of thioether (sulfide) groups is 1. The number of nitrogens with one attached hydrogen (secondary N) is 1. The van der Waals surface area contributed by atoms with E-state index in [1.807, 2.05) is 37.3 Å². The van der Waals surface area contributed by atoms with E-state index in [9.17, 15) is 14.6 Å². The van der Waals surface area contributed by atoms with Gasteiger partial charge >= 0.3 is 6.09 Å². The largest absolute Gasteiger partial charge is 0.611 e. The van der Waals surface area contributed by atoms with Gasteiger partial charge in [-0.1, -0.05) is 30.0 Å². The molecule has 2 unspecified atom stereocenters. The SMILES string of the molecule is CC[S+]([O-])c1cc(C#N)ccc1C(NC(=O)OC(C)(C)C)Sc1ccccc1. The number of benzene rings is 2. The Labute approximate surface area is 173 Å². The van der Waals surface area contributed by atoms with Gasteiger partial charge in [0.05, 0.1) is 11.6 Å². The molecule has 0 aromatic heterocycles. The molecule has 1 amide bonds. The summed E-state index contributed by atoms with van der Waals surface area (Å²) in [6.45, 7) is 7.21. The van der Waals surface area contributed by atoms with Crippen LogP contribution < -0.4 is 5.32 Å². The summed E-state index contributed by atoms with van der Waals surface area (Å²) in [5, 5.41) is 11.6. The predicted molar refractivity (Wildman–Crippen MR) is 113 cm³/mol. The van der Waals surface area contributed by atoms with Gasteiger partial charge in [0.15, 0.2) is 4.90 Å². The molecule has 5 nitrogen and oxygen atoms in total. The van der Waals surface area contributed by atoms with Crippen LogP contribution in [0.2, 0.25) is 0 Å². The van der Waals surface area contributed by atoms with E-state index in [2.05, 4.69) is 11.4 Å². The van der Waals surface area contributed by atoms with E-state index in [-0.39, 0.29) is 0 Å². The number of ether oxygens (including phenoxy) is 1. The molecule has 0 radical (unpaired) electrons. The third kappa shape index (κ3) is 6.48. The van der Waals surface area contributed by atoms with E-state index in [0.717, 1.165) is 4.90 Å². The summed E-state index contributed by atoms with van der Waals surface area (Å²) >= 11 is 0.140. The minimum atomic E-state index is -1.28. The highest BCUT2D eigenvalue weighted by atomic mass is 32.2. The first-order chi connectivity index (χ1) is 13.2. The lowest BCUT2D eigenvalue weighted by Crippen LogP contribution is -2.34. The number of hydrogen-bond acceptors (Lipinski definition) is 5. The molecule has 0 aliphatic rings. The second-order valence-corrected chi connectivity index (χ2v) is 9.84. The first-order valence-electron chi connectivity index (χ1n) is 8.87. The minimum absolute atomic E-state index is 0.414. The Morgan fingerprint density at radius 3 is 2.54 bits per heavy atom. The maximum absolute atomic E-state index is 12.6. The summed E-state index contributed by atoms with van der Waals surface area (Å²) in [7, 11) is 0. The molecule has 2 rings (SSSR count). The zero-order chi connectivity index (χ0) is 20.7. The number of carbonyl (C=O) groups excluding carboxylic acids is 1. The number of amides is 1. The quantitative estimate of drug-likeness (QED) is 0.407. The summed E-state index contributed by atoms with van der Waals surface area (Å²) in [6, 6.07) is 16.7. The number of alkyl carbamates (subject to hydrolysis) is 1. The molecule has 0 heterocycles. The zero-order valence-electron chi connectivity index (χ0n) is 16.4. The Bertz CT molecular complexity index is 845. The molecule has 0 fully saturated rings. The van der Waals surface area contributed by atoms with Crippen LogP contribution in [0.25, 0.3) is 0 Å². The summed E-state index contributed by atoms with van der Waals surface area (Å²) in [4.78, 5) is 13.9. The standard InChI is InChI=1S/C21H24N2O3S2/c1-5-28(25)18-13-15(14-22)11-12-17(18)19(23-20(24)26-21(2,3)4)27-16-9-7-6-8-10-16/h6-13,19H,5H2,1-4H3,(H,23,24). The fourth-order valence-corrected chi connectivity index (χ4v) is 4.56. The van der Waals surface area contributed by atoms with Crippen molar-refractivity contribution in [2.75, 3.05) is 5.75 Å². The maximum Gasteiger partial charge on any atom is 0.408 e. The Kier molecular flexibility index (Phi) is 7.81. The fourth-order valence-electron chi connectivity index (χ4n) is 2.39. The van der Waals surface area contributed by atoms with Crippen molar-refractivity contribution >= 4 is 29.0 Å². The molecule has 0 spiro atoms. The lowest BCUT2D eigenvalue weighted by Gasteiger charge is -2.25. The average molecular weight is 417 g/mol. The van der Waals surface area contributed by atoms with Gasteiger partial charge in [0.25, 0.3) is 0 Å². The molecular weight excluding hydrogens is 392 g/mol. The lowest BCUT2D eigenvalue weighted by atomic mass is 10.1. The number of nitriles is 1. The molecule has 7 heteroatoms. The van der Waals surface area contributed by atoms with Crippen LogP contribution in [0.15, 0.2) is 58.3 Å². The highest BCUT2D eigenvalue weighted by molar-refractivity contribution is 7.99. The van der Waals surface area contributed by atoms with E-state index >= 15 is 0 Å². The van der Waals surface area contributed by atoms with E-state index in [0.29, 0.717) is 21.8 Å². The predicted octanol–water partition coefficient (Wildman–Crippen LogP) is 5.00. The molecule has 0 bridgehead atoms. The Balaban J connectivity index is 2.43. The van der Waals surface area contributed by atoms with Crippen molar-refractivity contribution in [3.63, 3.8) is 0 Å². The van der Waals surface area contributed by atoms with E-state index in [4.69, 9.17) is 4.74 Å². The fraction of sp³-hybridized carbons (Fsp3) is 0.333. The first-order valence-corrected chi connectivity index (χ1v) is 11.1.